The maximum absolute atomic E-state index is 14.3. The fourth-order valence-electron chi connectivity index (χ4n) is 2.46. The molecule has 0 radical (unpaired) electrons. The quantitative estimate of drug-likeness (QED) is 0.636. The molecular formula is C18H17ClFN5OS. The Morgan fingerprint density at radius 2 is 2.11 bits per heavy atom. The van der Waals surface area contributed by atoms with Crippen molar-refractivity contribution in [1.82, 2.24) is 15.2 Å². The minimum atomic E-state index is -0.509. The molecular weight excluding hydrogens is 389 g/mol. The fraction of sp³-hybridized carbons (Fsp3) is 0.222. The SMILES string of the molecule is CC(C)(CNc1ccc(C(=O)Nc2nncs2)cn1)c1cccc(Cl)c1F. The molecule has 2 aromatic heterocycles. The molecule has 0 atom stereocenters. The van der Waals surface area contributed by atoms with Crippen LogP contribution in [0.5, 0.6) is 0 Å². The first-order chi connectivity index (χ1) is 12.9. The predicted molar refractivity (Wildman–Crippen MR) is 105 cm³/mol. The van der Waals surface area contributed by atoms with Gasteiger partial charge in [0.1, 0.15) is 17.1 Å². The van der Waals surface area contributed by atoms with Crippen molar-refractivity contribution in [2.45, 2.75) is 19.3 Å². The first-order valence-electron chi connectivity index (χ1n) is 8.09. The highest BCUT2D eigenvalue weighted by Crippen LogP contribution is 2.29. The minimum absolute atomic E-state index is 0.101. The Kier molecular flexibility index (Phi) is 5.67. The topological polar surface area (TPSA) is 79.8 Å². The van der Waals surface area contributed by atoms with Crippen molar-refractivity contribution in [3.05, 3.63) is 64.0 Å². The number of pyridine rings is 1. The molecule has 1 aromatic carbocycles. The van der Waals surface area contributed by atoms with Gasteiger partial charge in [-0.15, -0.1) is 10.2 Å². The van der Waals surface area contributed by atoms with Gasteiger partial charge in [0.15, 0.2) is 0 Å². The Morgan fingerprint density at radius 1 is 1.30 bits per heavy atom. The van der Waals surface area contributed by atoms with E-state index in [4.69, 9.17) is 11.6 Å². The molecule has 0 bridgehead atoms. The van der Waals surface area contributed by atoms with E-state index < -0.39 is 11.2 Å². The van der Waals surface area contributed by atoms with Crippen LogP contribution in [0.15, 0.2) is 42.0 Å². The third-order valence-corrected chi connectivity index (χ3v) is 4.90. The Balaban J connectivity index is 1.64. The molecule has 0 saturated heterocycles. The lowest BCUT2D eigenvalue weighted by atomic mass is 9.84. The molecule has 0 fully saturated rings. The molecule has 1 amide bonds. The van der Waals surface area contributed by atoms with E-state index in [0.717, 1.165) is 0 Å². The highest BCUT2D eigenvalue weighted by molar-refractivity contribution is 7.13. The number of amides is 1. The summed E-state index contributed by atoms with van der Waals surface area (Å²) in [6.45, 7) is 4.27. The Hall–Kier alpha value is -2.58. The summed E-state index contributed by atoms with van der Waals surface area (Å²) in [7, 11) is 0. The van der Waals surface area contributed by atoms with Crippen LogP contribution in [0, 0.1) is 5.82 Å². The number of nitrogens with one attached hydrogen (secondary N) is 2. The van der Waals surface area contributed by atoms with Crippen molar-refractivity contribution in [1.29, 1.82) is 0 Å². The summed E-state index contributed by atoms with van der Waals surface area (Å²) in [6.07, 6.45) is 1.46. The van der Waals surface area contributed by atoms with E-state index >= 15 is 0 Å². The summed E-state index contributed by atoms with van der Waals surface area (Å²) < 4.78 is 14.3. The van der Waals surface area contributed by atoms with Gasteiger partial charge in [-0.1, -0.05) is 48.9 Å². The van der Waals surface area contributed by atoms with Gasteiger partial charge in [-0.25, -0.2) is 9.37 Å². The van der Waals surface area contributed by atoms with E-state index in [1.807, 2.05) is 13.8 Å². The molecule has 0 aliphatic heterocycles. The van der Waals surface area contributed by atoms with Crippen LogP contribution in [0.4, 0.5) is 15.3 Å². The van der Waals surface area contributed by atoms with Crippen LogP contribution in [0.2, 0.25) is 5.02 Å². The van der Waals surface area contributed by atoms with E-state index in [9.17, 15) is 9.18 Å². The fourth-order valence-corrected chi connectivity index (χ4v) is 3.08. The summed E-state index contributed by atoms with van der Waals surface area (Å²) in [5, 5.41) is 13.8. The van der Waals surface area contributed by atoms with Crippen LogP contribution in [0.25, 0.3) is 0 Å². The van der Waals surface area contributed by atoms with Crippen LogP contribution in [0.3, 0.4) is 0 Å². The number of halogens is 2. The molecule has 0 spiro atoms. The smallest absolute Gasteiger partial charge is 0.259 e. The number of carbonyl (C=O) groups excluding carboxylic acids is 1. The van der Waals surface area contributed by atoms with E-state index in [-0.39, 0.29) is 10.9 Å². The van der Waals surface area contributed by atoms with Crippen molar-refractivity contribution in [3.8, 4) is 0 Å². The zero-order chi connectivity index (χ0) is 19.4. The summed E-state index contributed by atoms with van der Waals surface area (Å²) >= 11 is 7.11. The van der Waals surface area contributed by atoms with Crippen molar-refractivity contribution >= 4 is 39.8 Å². The van der Waals surface area contributed by atoms with Gasteiger partial charge >= 0.3 is 0 Å². The predicted octanol–water partition coefficient (Wildman–Crippen LogP) is 4.37. The number of hydrogen-bond donors (Lipinski definition) is 2. The van der Waals surface area contributed by atoms with E-state index in [1.165, 1.54) is 29.1 Å². The van der Waals surface area contributed by atoms with Crippen molar-refractivity contribution in [3.63, 3.8) is 0 Å². The summed E-state index contributed by atoms with van der Waals surface area (Å²) in [5.74, 6) is -0.146. The summed E-state index contributed by atoms with van der Waals surface area (Å²) in [6, 6.07) is 8.32. The average Bonchev–Trinajstić information content (AvgIpc) is 3.15. The highest BCUT2D eigenvalue weighted by atomic mass is 35.5. The third kappa shape index (κ3) is 4.58. The lowest BCUT2D eigenvalue weighted by molar-refractivity contribution is 0.102. The molecule has 0 aliphatic carbocycles. The van der Waals surface area contributed by atoms with E-state index in [0.29, 0.717) is 28.6 Å². The standard InChI is InChI=1S/C18H17ClFN5OS/c1-18(2,12-4-3-5-13(19)15(12)20)9-22-14-7-6-11(8-21-14)16(26)24-17-25-23-10-27-17/h3-8,10H,9H2,1-2H3,(H,21,22)(H,24,25,26). The van der Waals surface area contributed by atoms with Crippen LogP contribution < -0.4 is 10.6 Å². The number of nitrogens with zero attached hydrogens (tertiary/aromatic N) is 3. The third-order valence-electron chi connectivity index (χ3n) is 4.00. The van der Waals surface area contributed by atoms with Gasteiger partial charge in [0.2, 0.25) is 5.13 Å². The van der Waals surface area contributed by atoms with Gasteiger partial charge in [-0.05, 0) is 23.8 Å². The molecule has 0 saturated carbocycles. The first-order valence-corrected chi connectivity index (χ1v) is 9.34. The number of benzene rings is 1. The zero-order valence-electron chi connectivity index (χ0n) is 14.7. The number of rotatable bonds is 6. The Labute approximate surface area is 164 Å². The van der Waals surface area contributed by atoms with Gasteiger partial charge in [0, 0.05) is 18.2 Å². The van der Waals surface area contributed by atoms with Gasteiger partial charge in [-0.3, -0.25) is 10.1 Å². The molecule has 0 aliphatic rings. The molecule has 6 nitrogen and oxygen atoms in total. The summed E-state index contributed by atoms with van der Waals surface area (Å²) in [4.78, 5) is 16.3. The van der Waals surface area contributed by atoms with Gasteiger partial charge in [-0.2, -0.15) is 0 Å². The second kappa shape index (κ2) is 7.98. The number of carbonyl (C=O) groups is 1. The molecule has 3 aromatic rings. The normalized spacial score (nSPS) is 11.3. The zero-order valence-corrected chi connectivity index (χ0v) is 16.2. The van der Waals surface area contributed by atoms with Gasteiger partial charge < -0.3 is 5.32 Å². The second-order valence-electron chi connectivity index (χ2n) is 6.47. The molecule has 2 heterocycles. The monoisotopic (exact) mass is 405 g/mol. The second-order valence-corrected chi connectivity index (χ2v) is 7.71. The average molecular weight is 406 g/mol. The molecule has 9 heteroatoms. The van der Waals surface area contributed by atoms with Crippen molar-refractivity contribution < 1.29 is 9.18 Å². The van der Waals surface area contributed by atoms with Crippen LogP contribution in [-0.2, 0) is 5.41 Å². The van der Waals surface area contributed by atoms with E-state index in [2.05, 4.69) is 25.8 Å². The molecule has 27 heavy (non-hydrogen) atoms. The molecule has 140 valence electrons. The maximum atomic E-state index is 14.3. The van der Waals surface area contributed by atoms with Crippen LogP contribution >= 0.6 is 22.9 Å². The van der Waals surface area contributed by atoms with Crippen LogP contribution in [-0.4, -0.2) is 27.6 Å². The first kappa shape index (κ1) is 19.2. The van der Waals surface area contributed by atoms with Crippen molar-refractivity contribution in [2.75, 3.05) is 17.2 Å². The molecule has 2 N–H and O–H groups in total. The number of aromatic nitrogens is 3. The van der Waals surface area contributed by atoms with Gasteiger partial charge in [0.25, 0.3) is 5.91 Å². The highest BCUT2D eigenvalue weighted by Gasteiger charge is 2.25. The Morgan fingerprint density at radius 3 is 2.78 bits per heavy atom. The van der Waals surface area contributed by atoms with Gasteiger partial charge in [0.05, 0.1) is 10.6 Å². The van der Waals surface area contributed by atoms with Crippen LogP contribution in [0.1, 0.15) is 29.8 Å². The number of hydrogen-bond acceptors (Lipinski definition) is 6. The lowest BCUT2D eigenvalue weighted by Crippen LogP contribution is -2.29. The summed E-state index contributed by atoms with van der Waals surface area (Å²) in [5.41, 5.74) is 1.95. The minimum Gasteiger partial charge on any atom is -0.369 e. The Bertz CT molecular complexity index is 931. The maximum Gasteiger partial charge on any atom is 0.259 e. The largest absolute Gasteiger partial charge is 0.369 e. The molecule has 0 unspecified atom stereocenters. The van der Waals surface area contributed by atoms with Crippen molar-refractivity contribution in [2.24, 2.45) is 0 Å². The molecule has 3 rings (SSSR count). The number of anilines is 2. The lowest BCUT2D eigenvalue weighted by Gasteiger charge is -2.26. The van der Waals surface area contributed by atoms with E-state index in [1.54, 1.807) is 24.3 Å².